The predicted molar refractivity (Wildman–Crippen MR) is 76.8 cm³/mol. The average Bonchev–Trinajstić information content (AvgIpc) is 3.17. The molecule has 0 bridgehead atoms. The van der Waals surface area contributed by atoms with E-state index in [1.807, 2.05) is 6.92 Å². The van der Waals surface area contributed by atoms with E-state index in [2.05, 4.69) is 0 Å². The van der Waals surface area contributed by atoms with E-state index in [0.29, 0.717) is 6.54 Å². The van der Waals surface area contributed by atoms with Crippen LogP contribution in [-0.4, -0.2) is 72.0 Å². The molecular weight excluding hydrogens is 296 g/mol. The van der Waals surface area contributed by atoms with Crippen molar-refractivity contribution in [2.24, 2.45) is 0 Å². The molecule has 0 radical (unpaired) electrons. The molecule has 2 aliphatic rings. The van der Waals surface area contributed by atoms with Crippen LogP contribution in [0.15, 0.2) is 0 Å². The molecule has 1 aliphatic carbocycles. The summed E-state index contributed by atoms with van der Waals surface area (Å²) in [5.74, 6) is -1.42. The summed E-state index contributed by atoms with van der Waals surface area (Å²) in [5.41, 5.74) is 0. The van der Waals surface area contributed by atoms with Gasteiger partial charge in [0, 0.05) is 19.1 Å². The molecule has 8 heteroatoms. The lowest BCUT2D eigenvalue weighted by atomic mass is 10.2. The number of carbonyl (C=O) groups is 2. The number of hydrogen-bond acceptors (Lipinski definition) is 4. The van der Waals surface area contributed by atoms with Crippen LogP contribution in [0.3, 0.4) is 0 Å². The Morgan fingerprint density at radius 2 is 2.00 bits per heavy atom. The largest absolute Gasteiger partial charge is 0.481 e. The summed E-state index contributed by atoms with van der Waals surface area (Å²) in [5, 5.41) is 8.95. The van der Waals surface area contributed by atoms with Gasteiger partial charge in [0.2, 0.25) is 0 Å². The van der Waals surface area contributed by atoms with E-state index in [0.717, 1.165) is 19.3 Å². The first-order valence-corrected chi connectivity index (χ1v) is 9.15. The van der Waals surface area contributed by atoms with Crippen LogP contribution in [0.25, 0.3) is 0 Å². The number of nitrogens with zero attached hydrogens (tertiary/aromatic N) is 2. The molecule has 21 heavy (non-hydrogen) atoms. The predicted octanol–water partition coefficient (Wildman–Crippen LogP) is 0.555. The van der Waals surface area contributed by atoms with Crippen LogP contribution < -0.4 is 0 Å². The van der Waals surface area contributed by atoms with Crippen LogP contribution in [0.4, 0.5) is 4.79 Å². The van der Waals surface area contributed by atoms with E-state index >= 15 is 0 Å². The van der Waals surface area contributed by atoms with Gasteiger partial charge in [-0.05, 0) is 19.3 Å². The second kappa shape index (κ2) is 6.21. The zero-order valence-corrected chi connectivity index (χ0v) is 13.0. The van der Waals surface area contributed by atoms with Gasteiger partial charge >= 0.3 is 12.0 Å². The van der Waals surface area contributed by atoms with Gasteiger partial charge in [0.1, 0.15) is 0 Å². The summed E-state index contributed by atoms with van der Waals surface area (Å²) >= 11 is 0. The third-order valence-electron chi connectivity index (χ3n) is 3.88. The molecule has 1 heterocycles. The SMILES string of the molecule is CCCN(C(=O)N1CCS(=O)(=O)CC1CC(=O)O)C1CC1. The number of carboxylic acids is 1. The van der Waals surface area contributed by atoms with Crippen LogP contribution >= 0.6 is 0 Å². The molecule has 0 aromatic rings. The van der Waals surface area contributed by atoms with Gasteiger partial charge < -0.3 is 14.9 Å². The Labute approximate surface area is 124 Å². The van der Waals surface area contributed by atoms with Gasteiger partial charge in [-0.3, -0.25) is 4.79 Å². The zero-order valence-electron chi connectivity index (χ0n) is 12.2. The summed E-state index contributed by atoms with van der Waals surface area (Å²) in [6, 6.07) is -0.728. The molecule has 7 nitrogen and oxygen atoms in total. The minimum Gasteiger partial charge on any atom is -0.481 e. The lowest BCUT2D eigenvalue weighted by Crippen LogP contribution is -2.56. The van der Waals surface area contributed by atoms with Crippen molar-refractivity contribution in [3.63, 3.8) is 0 Å². The van der Waals surface area contributed by atoms with E-state index in [1.54, 1.807) is 4.90 Å². The Morgan fingerprint density at radius 3 is 2.52 bits per heavy atom. The molecule has 2 fully saturated rings. The van der Waals surface area contributed by atoms with E-state index in [-0.39, 0.29) is 36.5 Å². The van der Waals surface area contributed by atoms with Gasteiger partial charge in [-0.15, -0.1) is 0 Å². The maximum Gasteiger partial charge on any atom is 0.320 e. The monoisotopic (exact) mass is 318 g/mol. The number of hydrogen-bond donors (Lipinski definition) is 1. The van der Waals surface area contributed by atoms with Gasteiger partial charge in [0.05, 0.1) is 24.0 Å². The van der Waals surface area contributed by atoms with Crippen molar-refractivity contribution < 1.29 is 23.1 Å². The van der Waals surface area contributed by atoms with E-state index in [1.165, 1.54) is 4.90 Å². The minimum atomic E-state index is -3.26. The third kappa shape index (κ3) is 4.09. The number of rotatable bonds is 5. The van der Waals surface area contributed by atoms with Gasteiger partial charge in [-0.2, -0.15) is 0 Å². The molecule has 0 aromatic heterocycles. The first-order valence-electron chi connectivity index (χ1n) is 7.33. The topological polar surface area (TPSA) is 95.0 Å². The smallest absolute Gasteiger partial charge is 0.320 e. The molecule has 0 spiro atoms. The van der Waals surface area contributed by atoms with Crippen molar-refractivity contribution in [1.29, 1.82) is 0 Å². The Kier molecular flexibility index (Phi) is 4.75. The number of sulfone groups is 1. The normalized spacial score (nSPS) is 24.6. The van der Waals surface area contributed by atoms with Gasteiger partial charge in [0.15, 0.2) is 9.84 Å². The lowest BCUT2D eigenvalue weighted by Gasteiger charge is -2.38. The van der Waals surface area contributed by atoms with Gasteiger partial charge in [-0.25, -0.2) is 13.2 Å². The number of amides is 2. The maximum atomic E-state index is 12.6. The number of carboxylic acid groups (broad SMARTS) is 1. The molecular formula is C13H22N2O5S. The zero-order chi connectivity index (χ0) is 15.6. The van der Waals surface area contributed by atoms with Crippen molar-refractivity contribution >= 4 is 21.8 Å². The van der Waals surface area contributed by atoms with E-state index in [4.69, 9.17) is 5.11 Å². The molecule has 0 aromatic carbocycles. The van der Waals surface area contributed by atoms with Gasteiger partial charge in [-0.1, -0.05) is 6.92 Å². The van der Waals surface area contributed by atoms with Crippen molar-refractivity contribution in [2.75, 3.05) is 24.6 Å². The Bertz CT molecular complexity index is 515. The summed E-state index contributed by atoms with van der Waals surface area (Å²) < 4.78 is 23.4. The Morgan fingerprint density at radius 1 is 1.33 bits per heavy atom. The molecule has 1 saturated carbocycles. The van der Waals surface area contributed by atoms with Crippen LogP contribution in [0.2, 0.25) is 0 Å². The summed E-state index contributed by atoms with van der Waals surface area (Å²) in [4.78, 5) is 26.8. The fourth-order valence-corrected chi connectivity index (χ4v) is 4.26. The minimum absolute atomic E-state index is 0.0838. The van der Waals surface area contributed by atoms with E-state index in [9.17, 15) is 18.0 Å². The van der Waals surface area contributed by atoms with Crippen LogP contribution in [-0.2, 0) is 14.6 Å². The number of urea groups is 1. The van der Waals surface area contributed by atoms with Crippen molar-refractivity contribution in [3.05, 3.63) is 0 Å². The molecule has 1 aliphatic heterocycles. The summed E-state index contributed by atoms with van der Waals surface area (Å²) in [7, 11) is -3.26. The second-order valence-corrected chi connectivity index (χ2v) is 8.00. The van der Waals surface area contributed by atoms with Crippen molar-refractivity contribution in [2.45, 2.75) is 44.7 Å². The highest BCUT2D eigenvalue weighted by atomic mass is 32.2. The molecule has 1 unspecified atom stereocenters. The highest BCUT2D eigenvalue weighted by molar-refractivity contribution is 7.91. The maximum absolute atomic E-state index is 12.6. The van der Waals surface area contributed by atoms with Gasteiger partial charge in [0.25, 0.3) is 0 Å². The molecule has 120 valence electrons. The highest BCUT2D eigenvalue weighted by Crippen LogP contribution is 2.29. The van der Waals surface area contributed by atoms with Crippen LogP contribution in [0.5, 0.6) is 0 Å². The molecule has 1 saturated heterocycles. The summed E-state index contributed by atoms with van der Waals surface area (Å²) in [6.45, 7) is 2.71. The quantitative estimate of drug-likeness (QED) is 0.799. The second-order valence-electron chi connectivity index (χ2n) is 5.77. The van der Waals surface area contributed by atoms with Crippen molar-refractivity contribution in [1.82, 2.24) is 9.80 Å². The molecule has 1 atom stereocenters. The third-order valence-corrected chi connectivity index (χ3v) is 5.58. The van der Waals surface area contributed by atoms with Crippen molar-refractivity contribution in [3.8, 4) is 0 Å². The summed E-state index contributed by atoms with van der Waals surface area (Å²) in [6.07, 6.45) is 2.45. The molecule has 1 N–H and O–H groups in total. The first-order chi connectivity index (χ1) is 9.84. The van der Waals surface area contributed by atoms with E-state index < -0.39 is 21.8 Å². The average molecular weight is 318 g/mol. The fourth-order valence-electron chi connectivity index (χ4n) is 2.74. The number of carbonyl (C=O) groups excluding carboxylic acids is 1. The number of aliphatic carboxylic acids is 1. The Hall–Kier alpha value is -1.31. The molecule has 2 amide bonds. The molecule has 2 rings (SSSR count). The fraction of sp³-hybridized carbons (Fsp3) is 0.846. The standard InChI is InChI=1S/C13H22N2O5S/c1-2-5-14(10-3-4-10)13(18)15-6-7-21(19,20)9-11(15)8-12(16)17/h10-11H,2-9H2,1H3,(H,16,17). The lowest BCUT2D eigenvalue weighted by molar-refractivity contribution is -0.138. The Balaban J connectivity index is 2.14. The van der Waals surface area contributed by atoms with Crippen LogP contribution in [0, 0.1) is 0 Å². The first kappa shape index (κ1) is 16.1. The highest BCUT2D eigenvalue weighted by Gasteiger charge is 2.40. The van der Waals surface area contributed by atoms with Crippen LogP contribution in [0.1, 0.15) is 32.6 Å².